The zero-order valence-corrected chi connectivity index (χ0v) is 12.4. The van der Waals surface area contributed by atoms with Gasteiger partial charge >= 0.3 is 0 Å². The van der Waals surface area contributed by atoms with Crippen molar-refractivity contribution >= 4 is 33.2 Å². The fourth-order valence-electron chi connectivity index (χ4n) is 1.61. The highest BCUT2D eigenvalue weighted by atomic mass is 79.9. The van der Waals surface area contributed by atoms with Gasteiger partial charge in [0.05, 0.1) is 0 Å². The third-order valence-electron chi connectivity index (χ3n) is 2.68. The average molecular weight is 387 g/mol. The van der Waals surface area contributed by atoms with Crippen LogP contribution in [0.25, 0.3) is 0 Å². The monoisotopic (exact) mass is 385 g/mol. The molecule has 1 nitrogen and oxygen atoms in total. The van der Waals surface area contributed by atoms with Gasteiger partial charge in [-0.05, 0) is 17.7 Å². The van der Waals surface area contributed by atoms with Gasteiger partial charge in [0.2, 0.25) is 5.82 Å². The molecule has 2 rings (SSSR count). The summed E-state index contributed by atoms with van der Waals surface area (Å²) in [5, 5.41) is 2.45. The zero-order valence-electron chi connectivity index (χ0n) is 10.1. The van der Waals surface area contributed by atoms with Crippen LogP contribution in [0.1, 0.15) is 5.56 Å². The van der Waals surface area contributed by atoms with Crippen molar-refractivity contribution in [1.29, 1.82) is 0 Å². The van der Waals surface area contributed by atoms with E-state index in [1.54, 1.807) is 12.1 Å². The van der Waals surface area contributed by atoms with E-state index in [1.807, 2.05) is 0 Å². The quantitative estimate of drug-likeness (QED) is 0.422. The third kappa shape index (κ3) is 3.13. The molecule has 2 aromatic carbocycles. The molecule has 0 heterocycles. The molecule has 0 aliphatic rings. The van der Waals surface area contributed by atoms with Crippen molar-refractivity contribution in [3.63, 3.8) is 0 Å². The number of nitrogens with one attached hydrogen (secondary N) is 1. The minimum atomic E-state index is -2.20. The highest BCUT2D eigenvalue weighted by molar-refractivity contribution is 9.10. The Hall–Kier alpha value is -1.34. The summed E-state index contributed by atoms with van der Waals surface area (Å²) >= 11 is 9.07. The van der Waals surface area contributed by atoms with Crippen molar-refractivity contribution in [2.24, 2.45) is 0 Å². The van der Waals surface area contributed by atoms with Gasteiger partial charge in [-0.15, -0.1) is 0 Å². The number of rotatable bonds is 3. The number of anilines is 1. The molecule has 21 heavy (non-hydrogen) atoms. The van der Waals surface area contributed by atoms with Gasteiger partial charge in [0.25, 0.3) is 0 Å². The molecule has 2 aromatic rings. The Morgan fingerprint density at radius 3 is 1.95 bits per heavy atom. The van der Waals surface area contributed by atoms with E-state index in [-0.39, 0.29) is 11.6 Å². The first kappa shape index (κ1) is 16.0. The van der Waals surface area contributed by atoms with Gasteiger partial charge in [-0.2, -0.15) is 0 Å². The van der Waals surface area contributed by atoms with Crippen LogP contribution in [0.3, 0.4) is 0 Å². The van der Waals surface area contributed by atoms with Gasteiger partial charge in [-0.3, -0.25) is 0 Å². The van der Waals surface area contributed by atoms with E-state index in [1.165, 1.54) is 6.07 Å². The molecule has 0 radical (unpaired) electrons. The van der Waals surface area contributed by atoms with Gasteiger partial charge in [0.1, 0.15) is 5.69 Å². The second-order valence-electron chi connectivity index (χ2n) is 4.03. The van der Waals surface area contributed by atoms with Crippen LogP contribution in [-0.4, -0.2) is 0 Å². The second-order valence-corrected chi connectivity index (χ2v) is 5.36. The van der Waals surface area contributed by atoms with Crippen LogP contribution in [-0.2, 0) is 6.54 Å². The van der Waals surface area contributed by atoms with Crippen molar-refractivity contribution in [1.82, 2.24) is 0 Å². The minimum Gasteiger partial charge on any atom is -0.376 e. The summed E-state index contributed by atoms with van der Waals surface area (Å²) in [6.45, 7) is -0.204. The van der Waals surface area contributed by atoms with Crippen LogP contribution in [0, 0.1) is 29.1 Å². The lowest BCUT2D eigenvalue weighted by molar-refractivity contribution is 0.381. The smallest absolute Gasteiger partial charge is 0.200 e. The minimum absolute atomic E-state index is 0.204. The maximum absolute atomic E-state index is 13.4. The molecular formula is C13H6BrClF5N. The number of benzene rings is 2. The van der Waals surface area contributed by atoms with Crippen LogP contribution in [0.4, 0.5) is 27.6 Å². The standard InChI is InChI=1S/C13H6BrClF5N/c14-6-2-1-5(7(15)3-6)4-21-13-11(19)9(17)8(16)10(18)12(13)20/h1-3,21H,4H2. The molecule has 0 saturated heterocycles. The molecule has 0 atom stereocenters. The van der Waals surface area contributed by atoms with Crippen LogP contribution < -0.4 is 5.32 Å². The van der Waals surface area contributed by atoms with Crippen molar-refractivity contribution in [3.8, 4) is 0 Å². The maximum atomic E-state index is 13.4. The molecule has 8 heteroatoms. The predicted octanol–water partition coefficient (Wildman–Crippen LogP) is 5.41. The Bertz CT molecular complexity index is 678. The summed E-state index contributed by atoms with van der Waals surface area (Å²) in [5.41, 5.74) is -0.658. The summed E-state index contributed by atoms with van der Waals surface area (Å²) in [6.07, 6.45) is 0. The highest BCUT2D eigenvalue weighted by Gasteiger charge is 2.25. The fourth-order valence-corrected chi connectivity index (χ4v) is 2.35. The van der Waals surface area contributed by atoms with E-state index in [2.05, 4.69) is 21.2 Å². The largest absolute Gasteiger partial charge is 0.376 e. The molecule has 0 spiro atoms. The molecular weight excluding hydrogens is 380 g/mol. The van der Waals surface area contributed by atoms with Crippen LogP contribution in [0.2, 0.25) is 5.02 Å². The lowest BCUT2D eigenvalue weighted by Gasteiger charge is -2.12. The van der Waals surface area contributed by atoms with Gasteiger partial charge in [-0.25, -0.2) is 22.0 Å². The molecule has 1 N–H and O–H groups in total. The fraction of sp³-hybridized carbons (Fsp3) is 0.0769. The normalized spacial score (nSPS) is 10.8. The topological polar surface area (TPSA) is 12.0 Å². The van der Waals surface area contributed by atoms with Crippen molar-refractivity contribution in [3.05, 3.63) is 62.3 Å². The van der Waals surface area contributed by atoms with Gasteiger partial charge in [0, 0.05) is 16.0 Å². The number of hydrogen-bond acceptors (Lipinski definition) is 1. The lowest BCUT2D eigenvalue weighted by Crippen LogP contribution is -2.10. The molecule has 0 aliphatic carbocycles. The Morgan fingerprint density at radius 2 is 1.43 bits per heavy atom. The molecule has 0 unspecified atom stereocenters. The van der Waals surface area contributed by atoms with E-state index in [9.17, 15) is 22.0 Å². The third-order valence-corrected chi connectivity index (χ3v) is 3.53. The summed E-state index contributed by atoms with van der Waals surface area (Å²) < 4.78 is 66.5. The van der Waals surface area contributed by atoms with Crippen LogP contribution in [0.15, 0.2) is 22.7 Å². The van der Waals surface area contributed by atoms with E-state index in [0.29, 0.717) is 10.0 Å². The molecule has 0 amide bonds. The van der Waals surface area contributed by atoms with Gasteiger partial charge in [0.15, 0.2) is 23.3 Å². The first-order valence-corrected chi connectivity index (χ1v) is 6.69. The summed E-state index contributed by atoms with van der Waals surface area (Å²) in [6, 6.07) is 4.71. The lowest BCUT2D eigenvalue weighted by atomic mass is 10.2. The molecule has 0 fully saturated rings. The SMILES string of the molecule is Fc1c(F)c(F)c(NCc2ccc(Br)cc2Cl)c(F)c1F. The Labute approximate surface area is 129 Å². The Balaban J connectivity index is 2.32. The molecule has 0 bridgehead atoms. The van der Waals surface area contributed by atoms with E-state index >= 15 is 0 Å². The van der Waals surface area contributed by atoms with Crippen molar-refractivity contribution in [2.75, 3.05) is 5.32 Å². The molecule has 0 aliphatic heterocycles. The molecule has 112 valence electrons. The summed E-state index contributed by atoms with van der Waals surface area (Å²) in [7, 11) is 0. The zero-order chi connectivity index (χ0) is 15.7. The Kier molecular flexibility index (Phi) is 4.73. The van der Waals surface area contributed by atoms with E-state index < -0.39 is 34.8 Å². The van der Waals surface area contributed by atoms with E-state index in [4.69, 9.17) is 11.6 Å². The highest BCUT2D eigenvalue weighted by Crippen LogP contribution is 2.28. The first-order valence-electron chi connectivity index (χ1n) is 5.52. The average Bonchev–Trinajstić information content (AvgIpc) is 2.45. The van der Waals surface area contributed by atoms with Crippen molar-refractivity contribution < 1.29 is 22.0 Å². The van der Waals surface area contributed by atoms with Crippen molar-refractivity contribution in [2.45, 2.75) is 6.54 Å². The first-order chi connectivity index (χ1) is 9.82. The summed E-state index contributed by atoms with van der Waals surface area (Å²) in [5.74, 6) is -10.0. The van der Waals surface area contributed by atoms with Gasteiger partial charge < -0.3 is 5.32 Å². The van der Waals surface area contributed by atoms with Crippen LogP contribution in [0.5, 0.6) is 0 Å². The number of halogens is 7. The van der Waals surface area contributed by atoms with E-state index in [0.717, 1.165) is 0 Å². The molecule has 0 saturated carbocycles. The molecule has 0 aromatic heterocycles. The summed E-state index contributed by atoms with van der Waals surface area (Å²) in [4.78, 5) is 0. The number of hydrogen-bond donors (Lipinski definition) is 1. The van der Waals surface area contributed by atoms with Gasteiger partial charge in [-0.1, -0.05) is 33.6 Å². The predicted molar refractivity (Wildman–Crippen MR) is 72.7 cm³/mol. The maximum Gasteiger partial charge on any atom is 0.200 e. The Morgan fingerprint density at radius 1 is 0.905 bits per heavy atom. The second kappa shape index (κ2) is 6.19. The van der Waals surface area contributed by atoms with Crippen LogP contribution >= 0.6 is 27.5 Å².